The average Bonchev–Trinajstić information content (AvgIpc) is 1.98. The zero-order valence-corrected chi connectivity index (χ0v) is 8.35. The molecular formula is C10H21N. The molecule has 0 amide bonds. The molecule has 0 aliphatic heterocycles. The summed E-state index contributed by atoms with van der Waals surface area (Å²) in [5.74, 6) is 0. The molecule has 0 aromatic heterocycles. The highest BCUT2D eigenvalue weighted by molar-refractivity contribution is 4.90. The standard InChI is InChI=1S/C10H21N/c1-6-8-11(9(3)4)10(5)7-2/h10H,3,6-8H2,1-2,4-5H3. The summed E-state index contributed by atoms with van der Waals surface area (Å²) in [6, 6.07) is 0.646. The van der Waals surface area contributed by atoms with Crippen LogP contribution in [-0.2, 0) is 0 Å². The number of hydrogen-bond acceptors (Lipinski definition) is 1. The van der Waals surface area contributed by atoms with Crippen molar-refractivity contribution >= 4 is 0 Å². The van der Waals surface area contributed by atoms with Gasteiger partial charge in [-0.3, -0.25) is 0 Å². The van der Waals surface area contributed by atoms with E-state index in [-0.39, 0.29) is 0 Å². The number of allylic oxidation sites excluding steroid dienone is 1. The first-order valence-electron chi connectivity index (χ1n) is 4.55. The minimum absolute atomic E-state index is 0.646. The van der Waals surface area contributed by atoms with Gasteiger partial charge in [-0.25, -0.2) is 0 Å². The summed E-state index contributed by atoms with van der Waals surface area (Å²) in [6.45, 7) is 13.9. The van der Waals surface area contributed by atoms with Crippen molar-refractivity contribution in [2.24, 2.45) is 0 Å². The Morgan fingerprint density at radius 3 is 2.27 bits per heavy atom. The lowest BCUT2D eigenvalue weighted by Crippen LogP contribution is -2.31. The summed E-state index contributed by atoms with van der Waals surface area (Å²) < 4.78 is 0. The van der Waals surface area contributed by atoms with E-state index in [1.165, 1.54) is 18.5 Å². The zero-order chi connectivity index (χ0) is 8.85. The van der Waals surface area contributed by atoms with Crippen LogP contribution in [0.5, 0.6) is 0 Å². The molecule has 0 radical (unpaired) electrons. The number of hydrogen-bond donors (Lipinski definition) is 0. The van der Waals surface area contributed by atoms with E-state index in [1.807, 2.05) is 0 Å². The summed E-state index contributed by atoms with van der Waals surface area (Å²) in [6.07, 6.45) is 2.41. The maximum atomic E-state index is 3.97. The van der Waals surface area contributed by atoms with Crippen LogP contribution in [-0.4, -0.2) is 17.5 Å². The fraction of sp³-hybridized carbons (Fsp3) is 0.800. The summed E-state index contributed by atoms with van der Waals surface area (Å²) in [7, 11) is 0. The van der Waals surface area contributed by atoms with Gasteiger partial charge in [-0.15, -0.1) is 0 Å². The Morgan fingerprint density at radius 2 is 2.00 bits per heavy atom. The Hall–Kier alpha value is -0.460. The van der Waals surface area contributed by atoms with Gasteiger partial charge in [0, 0.05) is 18.3 Å². The first kappa shape index (κ1) is 10.5. The maximum absolute atomic E-state index is 3.97. The molecule has 0 aromatic carbocycles. The second-order valence-electron chi connectivity index (χ2n) is 3.19. The van der Waals surface area contributed by atoms with E-state index >= 15 is 0 Å². The van der Waals surface area contributed by atoms with Crippen LogP contribution in [0.15, 0.2) is 12.3 Å². The van der Waals surface area contributed by atoms with Gasteiger partial charge in [0.05, 0.1) is 0 Å². The molecular weight excluding hydrogens is 134 g/mol. The van der Waals surface area contributed by atoms with E-state index < -0.39 is 0 Å². The van der Waals surface area contributed by atoms with Gasteiger partial charge in [-0.2, -0.15) is 0 Å². The molecule has 0 aliphatic carbocycles. The first-order valence-corrected chi connectivity index (χ1v) is 4.55. The van der Waals surface area contributed by atoms with Crippen molar-refractivity contribution in [2.45, 2.75) is 46.6 Å². The molecule has 0 aliphatic rings. The monoisotopic (exact) mass is 155 g/mol. The van der Waals surface area contributed by atoms with Crippen LogP contribution < -0.4 is 0 Å². The lowest BCUT2D eigenvalue weighted by Gasteiger charge is -2.30. The van der Waals surface area contributed by atoms with Crippen molar-refractivity contribution < 1.29 is 0 Å². The molecule has 0 saturated heterocycles. The van der Waals surface area contributed by atoms with Gasteiger partial charge < -0.3 is 4.90 Å². The molecule has 0 heterocycles. The second kappa shape index (κ2) is 5.22. The van der Waals surface area contributed by atoms with Crippen molar-refractivity contribution in [3.63, 3.8) is 0 Å². The van der Waals surface area contributed by atoms with Gasteiger partial charge in [0.25, 0.3) is 0 Å². The lowest BCUT2D eigenvalue weighted by atomic mass is 10.2. The third-order valence-corrected chi connectivity index (χ3v) is 2.08. The fourth-order valence-electron chi connectivity index (χ4n) is 1.25. The Bertz CT molecular complexity index is 118. The Kier molecular flexibility index (Phi) is 5.01. The minimum Gasteiger partial charge on any atom is -0.373 e. The first-order chi connectivity index (χ1) is 5.13. The normalized spacial score (nSPS) is 12.7. The van der Waals surface area contributed by atoms with Gasteiger partial charge in [0.15, 0.2) is 0 Å². The van der Waals surface area contributed by atoms with Crippen molar-refractivity contribution in [1.29, 1.82) is 0 Å². The second-order valence-corrected chi connectivity index (χ2v) is 3.19. The topological polar surface area (TPSA) is 3.24 Å². The fourth-order valence-corrected chi connectivity index (χ4v) is 1.25. The summed E-state index contributed by atoms with van der Waals surface area (Å²) in [5.41, 5.74) is 1.20. The van der Waals surface area contributed by atoms with Crippen molar-refractivity contribution in [3.8, 4) is 0 Å². The van der Waals surface area contributed by atoms with E-state index in [0.717, 1.165) is 6.54 Å². The number of rotatable bonds is 5. The van der Waals surface area contributed by atoms with Crippen LogP contribution in [0.2, 0.25) is 0 Å². The predicted molar refractivity (Wildman–Crippen MR) is 51.6 cm³/mol. The van der Waals surface area contributed by atoms with Crippen LogP contribution in [0.1, 0.15) is 40.5 Å². The van der Waals surface area contributed by atoms with Crippen molar-refractivity contribution in [3.05, 3.63) is 12.3 Å². The third-order valence-electron chi connectivity index (χ3n) is 2.08. The molecule has 0 N–H and O–H groups in total. The Morgan fingerprint density at radius 1 is 1.45 bits per heavy atom. The summed E-state index contributed by atoms with van der Waals surface area (Å²) in [5, 5.41) is 0. The van der Waals surface area contributed by atoms with Gasteiger partial charge in [0.1, 0.15) is 0 Å². The van der Waals surface area contributed by atoms with E-state index in [9.17, 15) is 0 Å². The highest BCUT2D eigenvalue weighted by Gasteiger charge is 2.08. The molecule has 1 atom stereocenters. The zero-order valence-electron chi connectivity index (χ0n) is 8.35. The largest absolute Gasteiger partial charge is 0.373 e. The van der Waals surface area contributed by atoms with Crippen LogP contribution in [0.3, 0.4) is 0 Å². The van der Waals surface area contributed by atoms with E-state index in [4.69, 9.17) is 0 Å². The van der Waals surface area contributed by atoms with E-state index in [1.54, 1.807) is 0 Å². The van der Waals surface area contributed by atoms with Crippen molar-refractivity contribution in [1.82, 2.24) is 4.90 Å². The quantitative estimate of drug-likeness (QED) is 0.590. The lowest BCUT2D eigenvalue weighted by molar-refractivity contribution is 0.263. The highest BCUT2D eigenvalue weighted by atomic mass is 15.2. The van der Waals surface area contributed by atoms with Gasteiger partial charge in [0.2, 0.25) is 0 Å². The number of nitrogens with zero attached hydrogens (tertiary/aromatic N) is 1. The van der Waals surface area contributed by atoms with Gasteiger partial charge in [-0.1, -0.05) is 20.4 Å². The molecule has 0 bridgehead atoms. The van der Waals surface area contributed by atoms with Crippen LogP contribution in [0, 0.1) is 0 Å². The van der Waals surface area contributed by atoms with Crippen LogP contribution in [0.25, 0.3) is 0 Å². The molecule has 1 unspecified atom stereocenters. The highest BCUT2D eigenvalue weighted by Crippen LogP contribution is 2.10. The molecule has 0 saturated carbocycles. The molecule has 1 nitrogen and oxygen atoms in total. The minimum atomic E-state index is 0.646. The van der Waals surface area contributed by atoms with Gasteiger partial charge in [-0.05, 0) is 26.7 Å². The van der Waals surface area contributed by atoms with E-state index in [0.29, 0.717) is 6.04 Å². The molecule has 0 fully saturated rings. The smallest absolute Gasteiger partial charge is 0.0255 e. The summed E-state index contributed by atoms with van der Waals surface area (Å²) >= 11 is 0. The SMILES string of the molecule is C=C(C)N(CCC)C(C)CC. The molecule has 0 rings (SSSR count). The van der Waals surface area contributed by atoms with Crippen LogP contribution >= 0.6 is 0 Å². The molecule has 11 heavy (non-hydrogen) atoms. The molecule has 0 aromatic rings. The average molecular weight is 155 g/mol. The van der Waals surface area contributed by atoms with E-state index in [2.05, 4.69) is 39.2 Å². The third kappa shape index (κ3) is 3.45. The summed E-state index contributed by atoms with van der Waals surface area (Å²) in [4.78, 5) is 2.38. The van der Waals surface area contributed by atoms with Crippen molar-refractivity contribution in [2.75, 3.05) is 6.54 Å². The molecule has 1 heteroatoms. The predicted octanol–water partition coefficient (Wildman–Crippen LogP) is 3.03. The Balaban J connectivity index is 3.97. The maximum Gasteiger partial charge on any atom is 0.0255 e. The van der Waals surface area contributed by atoms with Crippen LogP contribution in [0.4, 0.5) is 0 Å². The molecule has 0 spiro atoms. The van der Waals surface area contributed by atoms with Gasteiger partial charge >= 0.3 is 0 Å². The molecule has 66 valence electrons. The Labute approximate surface area is 71.1 Å².